The van der Waals surface area contributed by atoms with Crippen LogP contribution in [-0.2, 0) is 24.4 Å². The summed E-state index contributed by atoms with van der Waals surface area (Å²) in [5.74, 6) is 1.49. The van der Waals surface area contributed by atoms with E-state index in [-0.39, 0.29) is 11.3 Å². The van der Waals surface area contributed by atoms with Crippen molar-refractivity contribution in [1.82, 2.24) is 20.0 Å². The first kappa shape index (κ1) is 22.2. The minimum Gasteiger partial charge on any atom is -0.352 e. The third-order valence-corrected chi connectivity index (χ3v) is 6.18. The van der Waals surface area contributed by atoms with E-state index in [2.05, 4.69) is 53.4 Å². The molecule has 1 aliphatic heterocycles. The Morgan fingerprint density at radius 1 is 1.03 bits per heavy atom. The van der Waals surface area contributed by atoms with Gasteiger partial charge in [0.05, 0.1) is 18.3 Å². The van der Waals surface area contributed by atoms with Crippen LogP contribution >= 0.6 is 0 Å². The number of aryl methyl sites for hydroxylation is 1. The highest BCUT2D eigenvalue weighted by Crippen LogP contribution is 2.22. The first-order valence-corrected chi connectivity index (χ1v) is 11.5. The van der Waals surface area contributed by atoms with Crippen LogP contribution in [0.15, 0.2) is 59.5 Å². The van der Waals surface area contributed by atoms with Gasteiger partial charge in [-0.25, -0.2) is 0 Å². The Hall–Kier alpha value is -2.99. The monoisotopic (exact) mass is 432 g/mol. The van der Waals surface area contributed by atoms with Gasteiger partial charge >= 0.3 is 0 Å². The van der Waals surface area contributed by atoms with Gasteiger partial charge in [-0.05, 0) is 41.5 Å². The van der Waals surface area contributed by atoms with Crippen LogP contribution in [0.5, 0.6) is 0 Å². The molecule has 1 N–H and O–H groups in total. The summed E-state index contributed by atoms with van der Waals surface area (Å²) in [6.07, 6.45) is 2.94. The third kappa shape index (κ3) is 5.62. The standard InChI is InChI=1S/C26H32N4O2/c1-19-13-20(2)17-29(16-19)18-22-9-7-21(8-10-22)14-27-26(32)11-12-30-24-6-4-3-5-23(24)25(31)15-28-30/h3-10,15,19-20H,11-14,16-18H2,1-2H3,(H,27,32). The van der Waals surface area contributed by atoms with Gasteiger partial charge in [-0.3, -0.25) is 19.2 Å². The van der Waals surface area contributed by atoms with Gasteiger partial charge in [0, 0.05) is 38.0 Å². The number of aromatic nitrogens is 2. The van der Waals surface area contributed by atoms with E-state index in [0.717, 1.165) is 29.5 Å². The van der Waals surface area contributed by atoms with Gasteiger partial charge in [-0.1, -0.05) is 50.2 Å². The Morgan fingerprint density at radius 2 is 1.72 bits per heavy atom. The van der Waals surface area contributed by atoms with Crippen molar-refractivity contribution >= 4 is 16.8 Å². The first-order valence-electron chi connectivity index (χ1n) is 11.5. The maximum Gasteiger partial charge on any atom is 0.222 e. The molecule has 3 aromatic rings. The molecule has 0 saturated carbocycles. The largest absolute Gasteiger partial charge is 0.352 e. The maximum absolute atomic E-state index is 12.4. The van der Waals surface area contributed by atoms with Crippen LogP contribution in [0, 0.1) is 11.8 Å². The number of hydrogen-bond acceptors (Lipinski definition) is 4. The quantitative estimate of drug-likeness (QED) is 0.620. The van der Waals surface area contributed by atoms with Crippen molar-refractivity contribution in [3.8, 4) is 0 Å². The second-order valence-corrected chi connectivity index (χ2v) is 9.23. The second-order valence-electron chi connectivity index (χ2n) is 9.23. The van der Waals surface area contributed by atoms with Crippen LogP contribution in [0.2, 0.25) is 0 Å². The van der Waals surface area contributed by atoms with Crippen molar-refractivity contribution in [2.45, 2.75) is 46.3 Å². The number of rotatable bonds is 7. The summed E-state index contributed by atoms with van der Waals surface area (Å²) in [4.78, 5) is 26.8. The smallest absolute Gasteiger partial charge is 0.222 e. The predicted molar refractivity (Wildman–Crippen MR) is 127 cm³/mol. The van der Waals surface area contributed by atoms with Crippen LogP contribution < -0.4 is 10.7 Å². The number of nitrogens with zero attached hydrogens (tertiary/aromatic N) is 3. The number of nitrogens with one attached hydrogen (secondary N) is 1. The van der Waals surface area contributed by atoms with Crippen LogP contribution in [0.1, 0.15) is 37.8 Å². The fraction of sp³-hybridized carbons (Fsp3) is 0.423. The van der Waals surface area contributed by atoms with Gasteiger partial charge in [-0.2, -0.15) is 5.10 Å². The molecule has 6 heteroatoms. The normalized spacial score (nSPS) is 19.2. The van der Waals surface area contributed by atoms with Crippen LogP contribution in [0.3, 0.4) is 0 Å². The van der Waals surface area contributed by atoms with E-state index in [1.165, 1.54) is 31.3 Å². The fourth-order valence-corrected chi connectivity index (χ4v) is 4.78. The number of benzene rings is 2. The summed E-state index contributed by atoms with van der Waals surface area (Å²) in [7, 11) is 0. The van der Waals surface area contributed by atoms with E-state index in [9.17, 15) is 9.59 Å². The van der Waals surface area contributed by atoms with Crippen molar-refractivity contribution in [3.05, 3.63) is 76.1 Å². The lowest BCUT2D eigenvalue weighted by molar-refractivity contribution is -0.121. The van der Waals surface area contributed by atoms with E-state index in [0.29, 0.717) is 24.9 Å². The zero-order valence-corrected chi connectivity index (χ0v) is 19.0. The third-order valence-electron chi connectivity index (χ3n) is 6.18. The zero-order valence-electron chi connectivity index (χ0n) is 19.0. The Balaban J connectivity index is 1.26. The molecule has 4 rings (SSSR count). The number of para-hydroxylation sites is 1. The number of amides is 1. The summed E-state index contributed by atoms with van der Waals surface area (Å²) in [6, 6.07) is 15.9. The van der Waals surface area contributed by atoms with Gasteiger partial charge in [-0.15, -0.1) is 0 Å². The molecule has 0 bridgehead atoms. The van der Waals surface area contributed by atoms with Crippen LogP contribution in [0.25, 0.3) is 10.9 Å². The van der Waals surface area contributed by atoms with Crippen LogP contribution in [-0.4, -0.2) is 33.7 Å². The van der Waals surface area contributed by atoms with Crippen LogP contribution in [0.4, 0.5) is 0 Å². The SMILES string of the molecule is CC1CC(C)CN(Cc2ccc(CNC(=O)CCn3ncc(=O)c4ccccc43)cc2)C1. The van der Waals surface area contributed by atoms with Gasteiger partial charge in [0.25, 0.3) is 0 Å². The number of piperidine rings is 1. The average Bonchev–Trinajstić information content (AvgIpc) is 2.78. The Labute approximate surface area is 189 Å². The van der Waals surface area contributed by atoms with Crippen molar-refractivity contribution in [3.63, 3.8) is 0 Å². The summed E-state index contributed by atoms with van der Waals surface area (Å²) >= 11 is 0. The summed E-state index contributed by atoms with van der Waals surface area (Å²) < 4.78 is 1.72. The number of fused-ring (bicyclic) bond motifs is 1. The topological polar surface area (TPSA) is 67.2 Å². The summed E-state index contributed by atoms with van der Waals surface area (Å²) in [6.45, 7) is 8.94. The fourth-order valence-electron chi connectivity index (χ4n) is 4.78. The van der Waals surface area contributed by atoms with Crippen molar-refractivity contribution in [2.75, 3.05) is 13.1 Å². The molecular weight excluding hydrogens is 400 g/mol. The van der Waals surface area contributed by atoms with Gasteiger partial charge in [0.15, 0.2) is 0 Å². The number of hydrogen-bond donors (Lipinski definition) is 1. The van der Waals surface area contributed by atoms with Crippen molar-refractivity contribution in [2.24, 2.45) is 11.8 Å². The number of carbonyl (C=O) groups excluding carboxylic acids is 1. The van der Waals surface area contributed by atoms with E-state index >= 15 is 0 Å². The van der Waals surface area contributed by atoms with Gasteiger partial charge < -0.3 is 5.32 Å². The highest BCUT2D eigenvalue weighted by Gasteiger charge is 2.21. The molecule has 2 unspecified atom stereocenters. The molecule has 1 saturated heterocycles. The molecule has 1 aliphatic rings. The molecule has 1 fully saturated rings. The molecule has 168 valence electrons. The lowest BCUT2D eigenvalue weighted by atomic mass is 9.91. The van der Waals surface area contributed by atoms with Gasteiger partial charge in [0.1, 0.15) is 0 Å². The zero-order chi connectivity index (χ0) is 22.5. The first-order chi connectivity index (χ1) is 15.5. The Kier molecular flexibility index (Phi) is 7.00. The molecule has 6 nitrogen and oxygen atoms in total. The highest BCUT2D eigenvalue weighted by atomic mass is 16.1. The highest BCUT2D eigenvalue weighted by molar-refractivity contribution is 5.79. The summed E-state index contributed by atoms with van der Waals surface area (Å²) in [5.41, 5.74) is 3.06. The van der Waals surface area contributed by atoms with Gasteiger partial charge in [0.2, 0.25) is 11.3 Å². The molecule has 1 aromatic heterocycles. The Bertz CT molecular complexity index is 1110. The second kappa shape index (κ2) is 10.1. The van der Waals surface area contributed by atoms with E-state index in [4.69, 9.17) is 0 Å². The Morgan fingerprint density at radius 3 is 2.47 bits per heavy atom. The number of likely N-dealkylation sites (tertiary alicyclic amines) is 1. The van der Waals surface area contributed by atoms with E-state index in [1.807, 2.05) is 18.2 Å². The minimum absolute atomic E-state index is 0.0325. The lowest BCUT2D eigenvalue weighted by Crippen LogP contribution is -2.38. The maximum atomic E-state index is 12.4. The molecule has 1 amide bonds. The average molecular weight is 433 g/mol. The molecule has 0 radical (unpaired) electrons. The lowest BCUT2D eigenvalue weighted by Gasteiger charge is -2.35. The molecule has 2 heterocycles. The number of carbonyl (C=O) groups is 1. The predicted octanol–water partition coefficient (Wildman–Crippen LogP) is 3.58. The molecule has 0 aliphatic carbocycles. The minimum atomic E-state index is -0.103. The van der Waals surface area contributed by atoms with E-state index < -0.39 is 0 Å². The summed E-state index contributed by atoms with van der Waals surface area (Å²) in [5, 5.41) is 7.79. The van der Waals surface area contributed by atoms with E-state index in [1.54, 1.807) is 10.7 Å². The molecule has 2 atom stereocenters. The molecular formula is C26H32N4O2. The molecule has 32 heavy (non-hydrogen) atoms. The molecule has 0 spiro atoms. The van der Waals surface area contributed by atoms with Crippen molar-refractivity contribution < 1.29 is 4.79 Å². The van der Waals surface area contributed by atoms with Crippen molar-refractivity contribution in [1.29, 1.82) is 0 Å². The molecule has 2 aromatic carbocycles.